The second-order valence-corrected chi connectivity index (χ2v) is 3.95. The SMILES string of the molecule is Cc1ccncc1CNC(=O)c1ccc(C(=O)O)o1. The fourth-order valence-corrected chi connectivity index (χ4v) is 1.52. The Hall–Kier alpha value is -2.63. The lowest BCUT2D eigenvalue weighted by molar-refractivity contribution is 0.0659. The van der Waals surface area contributed by atoms with E-state index in [0.717, 1.165) is 11.1 Å². The van der Waals surface area contributed by atoms with Crippen molar-refractivity contribution >= 4 is 11.9 Å². The van der Waals surface area contributed by atoms with Crippen LogP contribution in [0.4, 0.5) is 0 Å². The van der Waals surface area contributed by atoms with Gasteiger partial charge in [-0.3, -0.25) is 9.78 Å². The number of hydrogen-bond donors (Lipinski definition) is 2. The Morgan fingerprint density at radius 3 is 2.68 bits per heavy atom. The van der Waals surface area contributed by atoms with Gasteiger partial charge in [-0.2, -0.15) is 0 Å². The number of aromatic carboxylic acids is 1. The molecule has 2 aromatic rings. The zero-order valence-corrected chi connectivity index (χ0v) is 10.2. The van der Waals surface area contributed by atoms with Gasteiger partial charge < -0.3 is 14.8 Å². The molecule has 0 fully saturated rings. The molecule has 0 atom stereocenters. The molecule has 0 radical (unpaired) electrons. The van der Waals surface area contributed by atoms with Gasteiger partial charge in [0.1, 0.15) is 0 Å². The first kappa shape index (κ1) is 12.8. The second-order valence-electron chi connectivity index (χ2n) is 3.95. The number of hydrogen-bond acceptors (Lipinski definition) is 4. The summed E-state index contributed by atoms with van der Waals surface area (Å²) in [7, 11) is 0. The van der Waals surface area contributed by atoms with Crippen LogP contribution in [0.1, 0.15) is 32.2 Å². The summed E-state index contributed by atoms with van der Waals surface area (Å²) in [5, 5.41) is 11.3. The summed E-state index contributed by atoms with van der Waals surface area (Å²) in [6, 6.07) is 4.42. The molecule has 0 spiro atoms. The molecule has 0 saturated heterocycles. The molecule has 6 heteroatoms. The molecule has 2 heterocycles. The van der Waals surface area contributed by atoms with Gasteiger partial charge in [-0.25, -0.2) is 4.79 Å². The first-order valence-corrected chi connectivity index (χ1v) is 5.58. The zero-order valence-electron chi connectivity index (χ0n) is 10.2. The molecule has 0 aliphatic rings. The molecule has 0 aromatic carbocycles. The third-order valence-corrected chi connectivity index (χ3v) is 2.63. The molecule has 0 aliphatic carbocycles. The van der Waals surface area contributed by atoms with E-state index in [2.05, 4.69) is 10.3 Å². The topological polar surface area (TPSA) is 92.4 Å². The fourth-order valence-electron chi connectivity index (χ4n) is 1.52. The largest absolute Gasteiger partial charge is 0.475 e. The van der Waals surface area contributed by atoms with Crippen molar-refractivity contribution in [3.8, 4) is 0 Å². The standard InChI is InChI=1S/C13H12N2O4/c1-8-4-5-14-6-9(8)7-15-12(16)10-2-3-11(19-10)13(17)18/h2-6H,7H2,1H3,(H,15,16)(H,17,18). The van der Waals surface area contributed by atoms with Gasteiger partial charge in [-0.05, 0) is 36.2 Å². The zero-order chi connectivity index (χ0) is 13.8. The van der Waals surface area contributed by atoms with Gasteiger partial charge in [0.2, 0.25) is 5.76 Å². The number of nitrogens with one attached hydrogen (secondary N) is 1. The number of furan rings is 1. The number of nitrogens with zero attached hydrogens (tertiary/aromatic N) is 1. The minimum absolute atomic E-state index is 0.0288. The highest BCUT2D eigenvalue weighted by atomic mass is 16.4. The van der Waals surface area contributed by atoms with Crippen LogP contribution in [0.2, 0.25) is 0 Å². The molecule has 0 bridgehead atoms. The maximum atomic E-state index is 11.7. The van der Waals surface area contributed by atoms with Crippen LogP contribution < -0.4 is 5.32 Å². The molecule has 6 nitrogen and oxygen atoms in total. The molecule has 2 N–H and O–H groups in total. The Labute approximate surface area is 109 Å². The fraction of sp³-hybridized carbons (Fsp3) is 0.154. The summed E-state index contributed by atoms with van der Waals surface area (Å²) in [6.45, 7) is 2.22. The second kappa shape index (κ2) is 5.34. The quantitative estimate of drug-likeness (QED) is 0.871. The average molecular weight is 260 g/mol. The Kier molecular flexibility index (Phi) is 3.61. The molecule has 19 heavy (non-hydrogen) atoms. The summed E-state index contributed by atoms with van der Waals surface area (Å²) in [5.41, 5.74) is 1.90. The van der Waals surface area contributed by atoms with Crippen LogP contribution in [0.5, 0.6) is 0 Å². The van der Waals surface area contributed by atoms with Gasteiger partial charge in [-0.15, -0.1) is 0 Å². The van der Waals surface area contributed by atoms with E-state index < -0.39 is 11.9 Å². The van der Waals surface area contributed by atoms with E-state index in [9.17, 15) is 9.59 Å². The molecular formula is C13H12N2O4. The van der Waals surface area contributed by atoms with Gasteiger partial charge >= 0.3 is 5.97 Å². The summed E-state index contributed by atoms with van der Waals surface area (Å²) in [4.78, 5) is 26.3. The summed E-state index contributed by atoms with van der Waals surface area (Å²) >= 11 is 0. The van der Waals surface area contributed by atoms with Crippen molar-refractivity contribution in [2.75, 3.05) is 0 Å². The van der Waals surface area contributed by atoms with Gasteiger partial charge in [0, 0.05) is 18.9 Å². The Morgan fingerprint density at radius 1 is 1.32 bits per heavy atom. The molecule has 0 saturated carbocycles. The lowest BCUT2D eigenvalue weighted by atomic mass is 10.1. The van der Waals surface area contributed by atoms with E-state index in [1.165, 1.54) is 12.1 Å². The number of carbonyl (C=O) groups is 2. The normalized spacial score (nSPS) is 10.2. The first-order chi connectivity index (χ1) is 9.08. The number of aryl methyl sites for hydroxylation is 1. The molecule has 2 rings (SSSR count). The van der Waals surface area contributed by atoms with Crippen molar-refractivity contribution in [3.05, 3.63) is 53.2 Å². The third kappa shape index (κ3) is 2.98. The minimum atomic E-state index is -1.21. The smallest absolute Gasteiger partial charge is 0.371 e. The number of aromatic nitrogens is 1. The molecule has 0 unspecified atom stereocenters. The van der Waals surface area contributed by atoms with Gasteiger partial charge in [-0.1, -0.05) is 0 Å². The maximum absolute atomic E-state index is 11.7. The number of carboxylic acids is 1. The van der Waals surface area contributed by atoms with E-state index in [1.54, 1.807) is 12.4 Å². The number of amides is 1. The van der Waals surface area contributed by atoms with Crippen LogP contribution in [-0.2, 0) is 6.54 Å². The van der Waals surface area contributed by atoms with Crippen LogP contribution in [0.25, 0.3) is 0 Å². The van der Waals surface area contributed by atoms with E-state index in [4.69, 9.17) is 9.52 Å². The molecule has 0 aliphatic heterocycles. The van der Waals surface area contributed by atoms with Crippen molar-refractivity contribution in [1.82, 2.24) is 10.3 Å². The maximum Gasteiger partial charge on any atom is 0.371 e. The minimum Gasteiger partial charge on any atom is -0.475 e. The summed E-state index contributed by atoms with van der Waals surface area (Å²) in [5.74, 6) is -1.96. The lowest BCUT2D eigenvalue weighted by Crippen LogP contribution is -2.22. The van der Waals surface area contributed by atoms with Crippen LogP contribution >= 0.6 is 0 Å². The Morgan fingerprint density at radius 2 is 2.05 bits per heavy atom. The van der Waals surface area contributed by atoms with Crippen LogP contribution in [0.15, 0.2) is 35.0 Å². The number of carboxylic acid groups (broad SMARTS) is 1. The predicted octanol–water partition coefficient (Wildman–Crippen LogP) is 1.61. The van der Waals surface area contributed by atoms with E-state index in [1.807, 2.05) is 13.0 Å². The highest BCUT2D eigenvalue weighted by Gasteiger charge is 2.14. The number of pyridine rings is 1. The van der Waals surface area contributed by atoms with Crippen molar-refractivity contribution in [1.29, 1.82) is 0 Å². The predicted molar refractivity (Wildman–Crippen MR) is 65.8 cm³/mol. The van der Waals surface area contributed by atoms with Gasteiger partial charge in [0.05, 0.1) is 0 Å². The van der Waals surface area contributed by atoms with Crippen molar-refractivity contribution in [3.63, 3.8) is 0 Å². The van der Waals surface area contributed by atoms with E-state index >= 15 is 0 Å². The van der Waals surface area contributed by atoms with Crippen molar-refractivity contribution < 1.29 is 19.1 Å². The van der Waals surface area contributed by atoms with Crippen LogP contribution in [-0.4, -0.2) is 22.0 Å². The first-order valence-electron chi connectivity index (χ1n) is 5.58. The highest BCUT2D eigenvalue weighted by molar-refractivity contribution is 5.93. The lowest BCUT2D eigenvalue weighted by Gasteiger charge is -2.05. The monoisotopic (exact) mass is 260 g/mol. The van der Waals surface area contributed by atoms with E-state index in [-0.39, 0.29) is 11.5 Å². The molecular weight excluding hydrogens is 248 g/mol. The van der Waals surface area contributed by atoms with Gasteiger partial charge in [0.15, 0.2) is 5.76 Å². The third-order valence-electron chi connectivity index (χ3n) is 2.63. The van der Waals surface area contributed by atoms with Gasteiger partial charge in [0.25, 0.3) is 5.91 Å². The molecule has 1 amide bonds. The van der Waals surface area contributed by atoms with Crippen molar-refractivity contribution in [2.24, 2.45) is 0 Å². The number of rotatable bonds is 4. The van der Waals surface area contributed by atoms with Crippen LogP contribution in [0, 0.1) is 6.92 Å². The van der Waals surface area contributed by atoms with E-state index in [0.29, 0.717) is 6.54 Å². The van der Waals surface area contributed by atoms with Crippen LogP contribution in [0.3, 0.4) is 0 Å². The average Bonchev–Trinajstić information content (AvgIpc) is 2.87. The highest BCUT2D eigenvalue weighted by Crippen LogP contribution is 2.09. The summed E-state index contributed by atoms with van der Waals surface area (Å²) < 4.78 is 4.90. The van der Waals surface area contributed by atoms with Crippen molar-refractivity contribution in [2.45, 2.75) is 13.5 Å². The summed E-state index contributed by atoms with van der Waals surface area (Å²) in [6.07, 6.45) is 3.34. The Bertz CT molecular complexity index is 619. The Balaban J connectivity index is 2.01. The number of carbonyl (C=O) groups excluding carboxylic acids is 1. The molecule has 98 valence electrons. The molecule has 2 aromatic heterocycles.